The number of nitrogens with zero attached hydrogens (tertiary/aromatic N) is 1. The lowest BCUT2D eigenvalue weighted by Crippen LogP contribution is -2.00. The smallest absolute Gasteiger partial charge is 0.213 e. The van der Waals surface area contributed by atoms with Gasteiger partial charge in [-0.1, -0.05) is 12.2 Å². The van der Waals surface area contributed by atoms with Crippen molar-refractivity contribution in [3.05, 3.63) is 24.1 Å². The normalized spacial score (nSPS) is 11.5. The lowest BCUT2D eigenvalue weighted by atomic mass is 10.3. The van der Waals surface area contributed by atoms with Gasteiger partial charge in [0.25, 0.3) is 0 Å². The van der Waals surface area contributed by atoms with Crippen LogP contribution in [-0.2, 0) is 4.74 Å². The average molecular weight is 153 g/mol. The summed E-state index contributed by atoms with van der Waals surface area (Å²) in [7, 11) is 0. The molecule has 0 unspecified atom stereocenters. The predicted molar refractivity (Wildman–Crippen MR) is 48.7 cm³/mol. The van der Waals surface area contributed by atoms with Crippen LogP contribution >= 0.6 is 0 Å². The molecule has 0 aliphatic carbocycles. The first-order valence-corrected chi connectivity index (χ1v) is 3.57. The van der Waals surface area contributed by atoms with Crippen molar-refractivity contribution < 1.29 is 4.74 Å². The van der Waals surface area contributed by atoms with E-state index in [0.717, 1.165) is 5.57 Å². The zero-order valence-corrected chi connectivity index (χ0v) is 7.42. The van der Waals surface area contributed by atoms with Crippen LogP contribution < -0.4 is 0 Å². The summed E-state index contributed by atoms with van der Waals surface area (Å²) >= 11 is 0. The van der Waals surface area contributed by atoms with Crippen LogP contribution in [0.5, 0.6) is 0 Å². The topological polar surface area (TPSA) is 21.6 Å². The monoisotopic (exact) mass is 153 g/mol. The lowest BCUT2D eigenvalue weighted by Gasteiger charge is -2.08. The summed E-state index contributed by atoms with van der Waals surface area (Å²) in [4.78, 5) is 3.70. The Hall–Kier alpha value is -1.05. The molecule has 0 aromatic carbocycles. The minimum absolute atomic E-state index is 0.131. The van der Waals surface area contributed by atoms with Gasteiger partial charge in [-0.3, -0.25) is 0 Å². The zero-order valence-electron chi connectivity index (χ0n) is 7.42. The van der Waals surface area contributed by atoms with Crippen molar-refractivity contribution in [3.63, 3.8) is 0 Å². The fourth-order valence-corrected chi connectivity index (χ4v) is 0.569. The largest absolute Gasteiger partial charge is 0.475 e. The molecule has 0 amide bonds. The molecule has 0 N–H and O–H groups in total. The van der Waals surface area contributed by atoms with E-state index >= 15 is 0 Å². The Morgan fingerprint density at radius 1 is 1.55 bits per heavy atom. The molecular formula is C9H15NO. The SMILES string of the molecule is C=N/C(=C\C(=C)C)OC(C)C. The standard InChI is InChI=1S/C9H15NO/c1-7(2)6-9(10-5)11-8(3)4/h6,8H,1,5H2,2-4H3/b9-6+. The maximum absolute atomic E-state index is 5.28. The highest BCUT2D eigenvalue weighted by Gasteiger charge is 1.96. The van der Waals surface area contributed by atoms with Crippen molar-refractivity contribution in [3.8, 4) is 0 Å². The van der Waals surface area contributed by atoms with E-state index in [4.69, 9.17) is 4.74 Å². The number of hydrogen-bond acceptors (Lipinski definition) is 2. The molecule has 2 heteroatoms. The molecule has 0 saturated carbocycles. The number of allylic oxidation sites excluding steroid dienone is 2. The number of rotatable bonds is 4. The van der Waals surface area contributed by atoms with Crippen molar-refractivity contribution >= 4 is 6.72 Å². The van der Waals surface area contributed by atoms with Gasteiger partial charge in [-0.25, -0.2) is 4.99 Å². The first-order valence-electron chi connectivity index (χ1n) is 3.57. The molecule has 0 heterocycles. The average Bonchev–Trinajstić information content (AvgIpc) is 1.84. The van der Waals surface area contributed by atoms with E-state index in [2.05, 4.69) is 18.3 Å². The van der Waals surface area contributed by atoms with E-state index in [1.54, 1.807) is 6.08 Å². The Labute approximate surface area is 68.3 Å². The van der Waals surface area contributed by atoms with E-state index in [9.17, 15) is 0 Å². The van der Waals surface area contributed by atoms with Gasteiger partial charge in [-0.15, -0.1) is 0 Å². The molecule has 2 nitrogen and oxygen atoms in total. The number of aliphatic imine (C=N–C) groups is 1. The highest BCUT2D eigenvalue weighted by molar-refractivity contribution is 5.29. The molecule has 0 radical (unpaired) electrons. The minimum Gasteiger partial charge on any atom is -0.475 e. The maximum Gasteiger partial charge on any atom is 0.213 e. The van der Waals surface area contributed by atoms with Crippen LogP contribution in [0.4, 0.5) is 0 Å². The Balaban J connectivity index is 4.16. The molecule has 62 valence electrons. The van der Waals surface area contributed by atoms with Crippen molar-refractivity contribution in [1.29, 1.82) is 0 Å². The summed E-state index contributed by atoms with van der Waals surface area (Å²) in [5.74, 6) is 0.535. The van der Waals surface area contributed by atoms with Crippen molar-refractivity contribution in [2.24, 2.45) is 4.99 Å². The minimum atomic E-state index is 0.131. The van der Waals surface area contributed by atoms with E-state index in [1.165, 1.54) is 0 Å². The summed E-state index contributed by atoms with van der Waals surface area (Å²) in [6.45, 7) is 12.9. The van der Waals surface area contributed by atoms with Gasteiger partial charge < -0.3 is 4.74 Å². The second-order valence-electron chi connectivity index (χ2n) is 2.65. The van der Waals surface area contributed by atoms with Crippen LogP contribution in [0.2, 0.25) is 0 Å². The third kappa shape index (κ3) is 5.40. The predicted octanol–water partition coefficient (Wildman–Crippen LogP) is 2.53. The molecule has 0 rings (SSSR count). The first kappa shape index (κ1) is 9.95. The van der Waals surface area contributed by atoms with Crippen LogP contribution in [0.15, 0.2) is 29.1 Å². The molecule has 0 saturated heterocycles. The molecule has 11 heavy (non-hydrogen) atoms. The molecule has 0 fully saturated rings. The van der Waals surface area contributed by atoms with Crippen LogP contribution in [0.3, 0.4) is 0 Å². The van der Waals surface area contributed by atoms with Crippen LogP contribution in [-0.4, -0.2) is 12.8 Å². The van der Waals surface area contributed by atoms with Gasteiger partial charge in [-0.2, -0.15) is 0 Å². The summed E-state index contributed by atoms with van der Waals surface area (Å²) in [6.07, 6.45) is 1.89. The summed E-state index contributed by atoms with van der Waals surface area (Å²) < 4.78 is 5.28. The summed E-state index contributed by atoms with van der Waals surface area (Å²) in [5.41, 5.74) is 0.910. The van der Waals surface area contributed by atoms with Gasteiger partial charge in [-0.05, 0) is 27.5 Å². The molecule has 0 aliphatic heterocycles. The highest BCUT2D eigenvalue weighted by Crippen LogP contribution is 2.05. The highest BCUT2D eigenvalue weighted by atomic mass is 16.5. The van der Waals surface area contributed by atoms with E-state index in [-0.39, 0.29) is 6.10 Å². The Morgan fingerprint density at radius 3 is 2.36 bits per heavy atom. The second-order valence-corrected chi connectivity index (χ2v) is 2.65. The summed E-state index contributed by atoms with van der Waals surface area (Å²) in [5, 5.41) is 0. The van der Waals surface area contributed by atoms with Crippen molar-refractivity contribution in [2.75, 3.05) is 0 Å². The number of hydrogen-bond donors (Lipinski definition) is 0. The summed E-state index contributed by atoms with van der Waals surface area (Å²) in [6, 6.07) is 0. The zero-order chi connectivity index (χ0) is 8.85. The molecule has 0 atom stereocenters. The van der Waals surface area contributed by atoms with Crippen LogP contribution in [0.25, 0.3) is 0 Å². The fourth-order valence-electron chi connectivity index (χ4n) is 0.569. The molecule has 0 spiro atoms. The van der Waals surface area contributed by atoms with E-state index in [0.29, 0.717) is 5.88 Å². The molecule has 0 aromatic rings. The van der Waals surface area contributed by atoms with Crippen molar-refractivity contribution in [2.45, 2.75) is 26.9 Å². The van der Waals surface area contributed by atoms with Gasteiger partial charge in [0.05, 0.1) is 6.10 Å². The fraction of sp³-hybridized carbons (Fsp3) is 0.444. The van der Waals surface area contributed by atoms with Crippen molar-refractivity contribution in [1.82, 2.24) is 0 Å². The second kappa shape index (κ2) is 4.72. The van der Waals surface area contributed by atoms with Crippen LogP contribution in [0.1, 0.15) is 20.8 Å². The Kier molecular flexibility index (Phi) is 4.27. The maximum atomic E-state index is 5.28. The Bertz CT molecular complexity index is 180. The quantitative estimate of drug-likeness (QED) is 0.345. The third-order valence-electron chi connectivity index (χ3n) is 0.882. The molecular weight excluding hydrogens is 138 g/mol. The van der Waals surface area contributed by atoms with Crippen LogP contribution in [0, 0.1) is 0 Å². The number of ether oxygens (including phenoxy) is 1. The van der Waals surface area contributed by atoms with Gasteiger partial charge in [0.15, 0.2) is 0 Å². The molecule has 0 aromatic heterocycles. The Morgan fingerprint density at radius 2 is 2.09 bits per heavy atom. The van der Waals surface area contributed by atoms with Gasteiger partial charge in [0.1, 0.15) is 0 Å². The molecule has 0 aliphatic rings. The van der Waals surface area contributed by atoms with Gasteiger partial charge >= 0.3 is 0 Å². The third-order valence-corrected chi connectivity index (χ3v) is 0.882. The first-order chi connectivity index (χ1) is 5.06. The van der Waals surface area contributed by atoms with Gasteiger partial charge in [0.2, 0.25) is 5.88 Å². The lowest BCUT2D eigenvalue weighted by molar-refractivity contribution is 0.146. The van der Waals surface area contributed by atoms with E-state index < -0.39 is 0 Å². The molecule has 0 bridgehead atoms. The van der Waals surface area contributed by atoms with E-state index in [1.807, 2.05) is 20.8 Å². The van der Waals surface area contributed by atoms with Gasteiger partial charge in [0, 0.05) is 6.08 Å².